The first kappa shape index (κ1) is 11.5. The second-order valence-corrected chi connectivity index (χ2v) is 4.04. The number of rotatable bonds is 2. The van der Waals surface area contributed by atoms with Gasteiger partial charge in [0.05, 0.1) is 0 Å². The van der Waals surface area contributed by atoms with Crippen LogP contribution in [0.2, 0.25) is 0 Å². The minimum atomic E-state index is 0.847. The van der Waals surface area contributed by atoms with Gasteiger partial charge in [-0.15, -0.1) is 5.73 Å². The second-order valence-electron chi connectivity index (χ2n) is 4.04. The molecule has 1 aromatic rings. The van der Waals surface area contributed by atoms with E-state index in [9.17, 15) is 0 Å². The first-order valence-electron chi connectivity index (χ1n) is 5.72. The molecule has 2 heteroatoms. The van der Waals surface area contributed by atoms with Gasteiger partial charge in [0.25, 0.3) is 0 Å². The summed E-state index contributed by atoms with van der Waals surface area (Å²) in [6.07, 6.45) is 6.25. The van der Waals surface area contributed by atoms with Crippen molar-refractivity contribution in [1.29, 1.82) is 0 Å². The number of hydrogen-bond donors (Lipinski definition) is 0. The van der Waals surface area contributed by atoms with Crippen LogP contribution in [0.25, 0.3) is 0 Å². The Morgan fingerprint density at radius 3 is 3.00 bits per heavy atom. The third-order valence-corrected chi connectivity index (χ3v) is 2.76. The minimum Gasteiger partial charge on any atom is -0.300 e. The zero-order valence-electron chi connectivity index (χ0n) is 10.3. The lowest BCUT2D eigenvalue weighted by molar-refractivity contribution is 0.324. The Balaban J connectivity index is 2.15. The van der Waals surface area contributed by atoms with Gasteiger partial charge in [-0.2, -0.15) is 0 Å². The smallest absolute Gasteiger partial charge is 0.102 e. The molecule has 0 unspecified atom stereocenters. The van der Waals surface area contributed by atoms with E-state index in [-0.39, 0.29) is 0 Å². The molecule has 1 aliphatic rings. The molecule has 0 amide bonds. The van der Waals surface area contributed by atoms with E-state index < -0.39 is 0 Å². The molecule has 0 aliphatic carbocycles. The Labute approximate surface area is 103 Å². The molecule has 86 valence electrons. The first-order chi connectivity index (χ1) is 8.27. The zero-order valence-corrected chi connectivity index (χ0v) is 10.3. The van der Waals surface area contributed by atoms with Crippen LogP contribution in [0.4, 0.5) is 5.69 Å². The fourth-order valence-corrected chi connectivity index (χ4v) is 1.66. The summed E-state index contributed by atoms with van der Waals surface area (Å²) in [4.78, 5) is 0. The summed E-state index contributed by atoms with van der Waals surface area (Å²) in [5.41, 5.74) is 5.43. The number of anilines is 1. The highest BCUT2D eigenvalue weighted by atomic mass is 15.6. The van der Waals surface area contributed by atoms with Crippen LogP contribution in [-0.4, -0.2) is 25.1 Å². The molecule has 0 aromatic heterocycles. The van der Waals surface area contributed by atoms with Crippen LogP contribution in [0, 0.1) is 12.1 Å². The summed E-state index contributed by atoms with van der Waals surface area (Å²) in [6, 6.07) is 12.0. The lowest BCUT2D eigenvalue weighted by Gasteiger charge is -2.31. The molecule has 2 rings (SSSR count). The van der Waals surface area contributed by atoms with E-state index in [2.05, 4.69) is 40.9 Å². The molecule has 0 fully saturated rings. The summed E-state index contributed by atoms with van der Waals surface area (Å²) in [7, 11) is 2.04. The molecule has 0 spiro atoms. The molecule has 1 aliphatic heterocycles. The van der Waals surface area contributed by atoms with E-state index in [0.29, 0.717) is 0 Å². The van der Waals surface area contributed by atoms with Gasteiger partial charge in [-0.1, -0.05) is 18.2 Å². The van der Waals surface area contributed by atoms with E-state index in [1.165, 1.54) is 5.57 Å². The van der Waals surface area contributed by atoms with E-state index >= 15 is 0 Å². The standard InChI is InChI=1S/C15H16N2/c1-14-8-6-7-12-17(13-11-14)16(2)15-9-4-3-5-10-15/h3-4,7-9,11H,12-13H2,1-2H3/b14-11-. The average molecular weight is 224 g/mol. The quantitative estimate of drug-likeness (QED) is 0.712. The molecule has 1 aromatic carbocycles. The number of hydrazine groups is 1. The molecule has 2 nitrogen and oxygen atoms in total. The molecule has 17 heavy (non-hydrogen) atoms. The Hall–Kier alpha value is -1.94. The SMILES string of the molecule is C/C1=C/CN(N(C)c2c#cccc2)CC=C=C1. The highest BCUT2D eigenvalue weighted by Gasteiger charge is 2.09. The van der Waals surface area contributed by atoms with E-state index in [4.69, 9.17) is 0 Å². The number of allylic oxidation sites excluding steroid dienone is 1. The predicted octanol–water partition coefficient (Wildman–Crippen LogP) is 2.61. The van der Waals surface area contributed by atoms with Crippen molar-refractivity contribution < 1.29 is 0 Å². The van der Waals surface area contributed by atoms with Crippen LogP contribution in [0.3, 0.4) is 0 Å². The largest absolute Gasteiger partial charge is 0.300 e. The highest BCUT2D eigenvalue weighted by molar-refractivity contribution is 5.40. The molecule has 0 bridgehead atoms. The van der Waals surface area contributed by atoms with Gasteiger partial charge < -0.3 is 5.01 Å². The maximum absolute atomic E-state index is 3.17. The Kier molecular flexibility index (Phi) is 3.67. The maximum atomic E-state index is 3.17. The van der Waals surface area contributed by atoms with Crippen LogP contribution in [0.15, 0.2) is 47.7 Å². The van der Waals surface area contributed by atoms with Crippen molar-refractivity contribution in [2.75, 3.05) is 25.1 Å². The Morgan fingerprint density at radius 1 is 1.35 bits per heavy atom. The fourth-order valence-electron chi connectivity index (χ4n) is 1.66. The van der Waals surface area contributed by atoms with Crippen molar-refractivity contribution >= 4 is 5.69 Å². The van der Waals surface area contributed by atoms with Gasteiger partial charge in [0.15, 0.2) is 0 Å². The summed E-state index contributed by atoms with van der Waals surface area (Å²) >= 11 is 0. The summed E-state index contributed by atoms with van der Waals surface area (Å²) in [5.74, 6) is 0. The van der Waals surface area contributed by atoms with Gasteiger partial charge in [0, 0.05) is 20.1 Å². The van der Waals surface area contributed by atoms with Gasteiger partial charge in [-0.3, -0.25) is 0 Å². The van der Waals surface area contributed by atoms with Gasteiger partial charge >= 0.3 is 0 Å². The molecular weight excluding hydrogens is 208 g/mol. The molecule has 0 saturated heterocycles. The van der Waals surface area contributed by atoms with Crippen molar-refractivity contribution in [2.24, 2.45) is 0 Å². The summed E-state index contributed by atoms with van der Waals surface area (Å²) in [6.45, 7) is 3.83. The minimum absolute atomic E-state index is 0.847. The average Bonchev–Trinajstić information content (AvgIpc) is 2.35. The number of hydrogen-bond acceptors (Lipinski definition) is 2. The highest BCUT2D eigenvalue weighted by Crippen LogP contribution is 2.11. The van der Waals surface area contributed by atoms with Crippen molar-refractivity contribution in [3.05, 3.63) is 59.9 Å². The Bertz CT molecular complexity index is 453. The van der Waals surface area contributed by atoms with E-state index in [0.717, 1.165) is 18.8 Å². The molecule has 1 heterocycles. The molecular formula is C15H16N2. The van der Waals surface area contributed by atoms with Gasteiger partial charge in [-0.25, -0.2) is 5.01 Å². The van der Waals surface area contributed by atoms with Crippen molar-refractivity contribution in [3.8, 4) is 0 Å². The third kappa shape index (κ3) is 3.01. The van der Waals surface area contributed by atoms with Crippen molar-refractivity contribution in [3.63, 3.8) is 0 Å². The fraction of sp³-hybridized carbons (Fsp3) is 0.267. The van der Waals surface area contributed by atoms with Gasteiger partial charge in [0.2, 0.25) is 0 Å². The zero-order chi connectivity index (χ0) is 12.1. The predicted molar refractivity (Wildman–Crippen MR) is 70.5 cm³/mol. The van der Waals surface area contributed by atoms with Crippen LogP contribution in [0.1, 0.15) is 6.92 Å². The Morgan fingerprint density at radius 2 is 2.24 bits per heavy atom. The van der Waals surface area contributed by atoms with Crippen LogP contribution >= 0.6 is 0 Å². The maximum Gasteiger partial charge on any atom is 0.102 e. The third-order valence-electron chi connectivity index (χ3n) is 2.76. The molecule has 0 saturated carbocycles. The monoisotopic (exact) mass is 224 g/mol. The molecule has 0 N–H and O–H groups in total. The van der Waals surface area contributed by atoms with Crippen molar-refractivity contribution in [1.82, 2.24) is 5.01 Å². The molecule has 0 atom stereocenters. The van der Waals surface area contributed by atoms with Crippen LogP contribution < -0.4 is 5.01 Å². The second kappa shape index (κ2) is 5.41. The van der Waals surface area contributed by atoms with Crippen molar-refractivity contribution in [2.45, 2.75) is 6.92 Å². The lowest BCUT2D eigenvalue weighted by Crippen LogP contribution is -2.40. The van der Waals surface area contributed by atoms with Gasteiger partial charge in [0.1, 0.15) is 5.69 Å². The van der Waals surface area contributed by atoms with Crippen LogP contribution in [0.5, 0.6) is 0 Å². The first-order valence-corrected chi connectivity index (χ1v) is 5.72. The van der Waals surface area contributed by atoms with E-state index in [1.54, 1.807) is 0 Å². The summed E-state index contributed by atoms with van der Waals surface area (Å²) in [5, 5.41) is 4.33. The van der Waals surface area contributed by atoms with E-state index in [1.807, 2.05) is 37.4 Å². The lowest BCUT2D eigenvalue weighted by atomic mass is 10.2. The summed E-state index contributed by atoms with van der Waals surface area (Å²) < 4.78 is 0. The topological polar surface area (TPSA) is 6.48 Å². The molecule has 0 radical (unpaired) electrons. The van der Waals surface area contributed by atoms with Crippen LogP contribution in [-0.2, 0) is 0 Å². The van der Waals surface area contributed by atoms with Gasteiger partial charge in [-0.05, 0) is 42.8 Å². The normalized spacial score (nSPS) is 18.8. The number of nitrogens with zero attached hydrogens (tertiary/aromatic N) is 2.